The SMILES string of the molecule is [C-]#[N+]c1ccc(-c2ccc(-c3nc(-c4ccccc4)nc(-c4cccc5sc6c(-c7nc(-c8ccccc8)nc(-c8ccccc8)n7)cccc6c45)n3)cc2)cc1.[C-]#[N+]c1cccc(-c2ccc(-c3nc(-c4ccccc4)nc(-c4cccc5sc6c(-c7nc(-c8ccccc8)nc(-c8ccccc8)n7)cccc6c45)n3)cc2)c1. The van der Waals surface area contributed by atoms with Gasteiger partial charge in [-0.2, -0.15) is 0 Å². The van der Waals surface area contributed by atoms with Crippen LogP contribution in [0.4, 0.5) is 11.4 Å². The molecule has 0 N–H and O–H groups in total. The lowest BCUT2D eigenvalue weighted by Crippen LogP contribution is -2.00. The van der Waals surface area contributed by atoms with Gasteiger partial charge in [-0.3, -0.25) is 0 Å². The molecule has 0 radical (unpaired) electrons. The van der Waals surface area contributed by atoms with Crippen LogP contribution in [0.1, 0.15) is 0 Å². The molecule has 6 heterocycles. The van der Waals surface area contributed by atoms with Crippen molar-refractivity contribution in [3.8, 4) is 159 Å². The van der Waals surface area contributed by atoms with Crippen molar-refractivity contribution < 1.29 is 0 Å². The van der Waals surface area contributed by atoms with Crippen molar-refractivity contribution in [2.75, 3.05) is 0 Å². The molecule has 0 atom stereocenters. The molecule has 0 saturated carbocycles. The molecule has 0 aliphatic heterocycles. The lowest BCUT2D eigenvalue weighted by atomic mass is 10.0. The van der Waals surface area contributed by atoms with Crippen molar-refractivity contribution in [1.82, 2.24) is 59.8 Å². The summed E-state index contributed by atoms with van der Waals surface area (Å²) >= 11 is 3.42. The van der Waals surface area contributed by atoms with Gasteiger partial charge in [-0.05, 0) is 52.6 Å². The molecule has 0 aliphatic carbocycles. The first kappa shape index (κ1) is 69.0. The van der Waals surface area contributed by atoms with Crippen LogP contribution in [0.3, 0.4) is 0 Å². The molecule has 20 aromatic rings. The van der Waals surface area contributed by atoms with Crippen LogP contribution in [0.5, 0.6) is 0 Å². The second-order valence-corrected chi connectivity index (χ2v) is 28.9. The van der Waals surface area contributed by atoms with Gasteiger partial charge in [0.15, 0.2) is 81.3 Å². The number of hydrogen-bond acceptors (Lipinski definition) is 14. The van der Waals surface area contributed by atoms with E-state index in [4.69, 9.17) is 73.0 Å². The number of nitrogens with zero attached hydrogens (tertiary/aromatic N) is 14. The third-order valence-corrected chi connectivity index (χ3v) is 22.1. The molecule has 20 rings (SSSR count). The van der Waals surface area contributed by atoms with E-state index in [0.29, 0.717) is 81.3 Å². The molecule has 532 valence electrons. The highest BCUT2D eigenvalue weighted by Gasteiger charge is 2.24. The second kappa shape index (κ2) is 30.5. The molecule has 6 aromatic heterocycles. The highest BCUT2D eigenvalue weighted by Crippen LogP contribution is 2.46. The van der Waals surface area contributed by atoms with E-state index in [1.165, 1.54) is 0 Å². The first-order valence-electron chi connectivity index (χ1n) is 36.8. The molecule has 0 amide bonds. The topological polar surface area (TPSA) is 163 Å². The van der Waals surface area contributed by atoms with E-state index in [2.05, 4.69) is 94.6 Å². The minimum Gasteiger partial charge on any atom is -0.238 e. The van der Waals surface area contributed by atoms with Crippen LogP contribution >= 0.6 is 22.7 Å². The highest BCUT2D eigenvalue weighted by atomic mass is 32.1. The zero-order valence-electron chi connectivity index (χ0n) is 60.6. The first-order valence-corrected chi connectivity index (χ1v) is 38.4. The summed E-state index contributed by atoms with van der Waals surface area (Å²) < 4.78 is 4.35. The number of benzene rings is 14. The first-order chi connectivity index (χ1) is 56.4. The van der Waals surface area contributed by atoms with Crippen LogP contribution < -0.4 is 0 Å². The summed E-state index contributed by atoms with van der Waals surface area (Å²) in [6, 6.07) is 117. The highest BCUT2D eigenvalue weighted by molar-refractivity contribution is 7.27. The van der Waals surface area contributed by atoms with Crippen molar-refractivity contribution in [1.29, 1.82) is 0 Å². The fraction of sp³-hybridized carbons (Fsp3) is 0. The van der Waals surface area contributed by atoms with Crippen LogP contribution in [0.15, 0.2) is 352 Å². The summed E-state index contributed by atoms with van der Waals surface area (Å²) in [6.45, 7) is 14.7. The smallest absolute Gasteiger partial charge is 0.187 e. The normalized spacial score (nSPS) is 11.1. The maximum absolute atomic E-state index is 7.44. The van der Waals surface area contributed by atoms with Gasteiger partial charge in [0.25, 0.3) is 0 Å². The maximum atomic E-state index is 7.44. The van der Waals surface area contributed by atoms with Crippen molar-refractivity contribution in [2.24, 2.45) is 0 Å². The fourth-order valence-corrected chi connectivity index (χ4v) is 16.5. The van der Waals surface area contributed by atoms with E-state index in [1.54, 1.807) is 22.7 Å². The molecule has 0 spiro atoms. The van der Waals surface area contributed by atoms with Gasteiger partial charge in [0.2, 0.25) is 0 Å². The number of rotatable bonds is 14. The van der Waals surface area contributed by atoms with Crippen molar-refractivity contribution in [2.45, 2.75) is 0 Å². The molecular weight excluding hydrogens is 1440 g/mol. The fourth-order valence-electron chi connectivity index (χ4n) is 14.1. The lowest BCUT2D eigenvalue weighted by Gasteiger charge is -2.10. The van der Waals surface area contributed by atoms with E-state index in [1.807, 2.05) is 267 Å². The van der Waals surface area contributed by atoms with Gasteiger partial charge >= 0.3 is 0 Å². The van der Waals surface area contributed by atoms with Crippen LogP contribution in [0, 0.1) is 13.1 Å². The van der Waals surface area contributed by atoms with Gasteiger partial charge in [-0.1, -0.05) is 322 Å². The summed E-state index contributed by atoms with van der Waals surface area (Å²) in [5.41, 5.74) is 16.2. The summed E-state index contributed by atoms with van der Waals surface area (Å²) in [6.07, 6.45) is 0. The molecule has 0 saturated heterocycles. The Morgan fingerprint density at radius 2 is 0.421 bits per heavy atom. The van der Waals surface area contributed by atoms with E-state index >= 15 is 0 Å². The average Bonchev–Trinajstić information content (AvgIpc) is 1.54. The van der Waals surface area contributed by atoms with Crippen LogP contribution in [0.2, 0.25) is 0 Å². The van der Waals surface area contributed by atoms with E-state index in [9.17, 15) is 0 Å². The summed E-state index contributed by atoms with van der Waals surface area (Å²) in [4.78, 5) is 67.7. The Bertz CT molecular complexity index is 6970. The van der Waals surface area contributed by atoms with Gasteiger partial charge in [0, 0.05) is 107 Å². The largest absolute Gasteiger partial charge is 0.238 e. The number of hydrogen-bond donors (Lipinski definition) is 0. The van der Waals surface area contributed by atoms with Crippen LogP contribution in [-0.4, -0.2) is 59.8 Å². The molecule has 0 fully saturated rings. The molecule has 0 unspecified atom stereocenters. The van der Waals surface area contributed by atoms with Crippen LogP contribution in [0.25, 0.3) is 209 Å². The molecular formula is C98H58N14S2. The zero-order chi connectivity index (χ0) is 76.3. The summed E-state index contributed by atoms with van der Waals surface area (Å²) in [5, 5.41) is 4.27. The summed E-state index contributed by atoms with van der Waals surface area (Å²) in [5.74, 6) is 7.22. The zero-order valence-corrected chi connectivity index (χ0v) is 62.2. The van der Waals surface area contributed by atoms with Gasteiger partial charge in [0.05, 0.1) is 13.1 Å². The Balaban J connectivity index is 0.000000153. The molecule has 0 bridgehead atoms. The number of aromatic nitrogens is 12. The van der Waals surface area contributed by atoms with Gasteiger partial charge in [0.1, 0.15) is 0 Å². The average molecular weight is 1500 g/mol. The van der Waals surface area contributed by atoms with Crippen molar-refractivity contribution in [3.05, 3.63) is 375 Å². The molecule has 14 nitrogen and oxygen atoms in total. The third kappa shape index (κ3) is 13.8. The number of thiophene rings is 2. The standard InChI is InChI=1S/2C49H29N7S/c1-50-37-21-11-20-36(30-37)31-26-28-35(29-27-31)47-52-44(32-14-5-2-6-15-32)53-48(54-47)39-23-13-25-41-42(39)38-22-12-24-40(43(38)57-41)49-55-45(33-16-7-3-8-17-33)51-46(56-49)34-18-9-4-10-19-34;1-50-37-29-27-32(28-30-37)31-23-25-36(26-24-31)47-52-44(33-13-5-2-6-14-33)53-48(54-47)39-20-12-22-41-42(39)38-19-11-21-40(43(38)57-41)49-55-45(34-15-7-3-8-16-34)51-46(56-49)35-17-9-4-10-18-35/h2*2-30H. The Morgan fingerprint density at radius 1 is 0.184 bits per heavy atom. The quantitative estimate of drug-likeness (QED) is 0.0948. The van der Waals surface area contributed by atoms with Gasteiger partial charge < -0.3 is 0 Å². The molecule has 16 heteroatoms. The van der Waals surface area contributed by atoms with E-state index in [0.717, 1.165) is 129 Å². The van der Waals surface area contributed by atoms with Crippen LogP contribution in [-0.2, 0) is 0 Å². The third-order valence-electron chi connectivity index (χ3n) is 19.7. The predicted molar refractivity (Wildman–Crippen MR) is 461 cm³/mol. The monoisotopic (exact) mass is 1490 g/mol. The molecule has 0 aliphatic rings. The van der Waals surface area contributed by atoms with E-state index in [-0.39, 0.29) is 0 Å². The Kier molecular flexibility index (Phi) is 18.5. The Morgan fingerprint density at radius 3 is 0.737 bits per heavy atom. The minimum absolute atomic E-state index is 0.574. The van der Waals surface area contributed by atoms with Crippen molar-refractivity contribution >= 4 is 74.4 Å². The Hall–Kier alpha value is -15.5. The summed E-state index contributed by atoms with van der Waals surface area (Å²) in [7, 11) is 0. The minimum atomic E-state index is 0.574. The second-order valence-electron chi connectivity index (χ2n) is 26.8. The molecule has 114 heavy (non-hydrogen) atoms. The number of fused-ring (bicyclic) bond motifs is 6. The molecule has 14 aromatic carbocycles. The maximum Gasteiger partial charge on any atom is 0.187 e. The van der Waals surface area contributed by atoms with Gasteiger partial charge in [-0.25, -0.2) is 69.5 Å². The predicted octanol–water partition coefficient (Wildman–Crippen LogP) is 25.3. The van der Waals surface area contributed by atoms with E-state index < -0.39 is 0 Å². The lowest BCUT2D eigenvalue weighted by molar-refractivity contribution is 1.08. The van der Waals surface area contributed by atoms with Crippen molar-refractivity contribution in [3.63, 3.8) is 0 Å². The van der Waals surface area contributed by atoms with Gasteiger partial charge in [-0.15, -0.1) is 22.7 Å². The Labute approximate surface area is 663 Å².